The van der Waals surface area contributed by atoms with Gasteiger partial charge in [-0.3, -0.25) is 19.2 Å². The number of aliphatic hydroxyl groups excluding tert-OH is 17. The zero-order valence-corrected chi connectivity index (χ0v) is 65.8. The standard InChI is InChI=1S/C84H86O43/c85-41-13-1-36(2-14-41)9-21-58(91)112-31-52-64(97)69(102)74(107)80(123-52)117-44-17-5-38(6-18-44)11-23-60(93)114-33-54-66(99)71(104)76(109)82(125-54)120-49-25-40(79-51(29-46-47(88)27-43(87)28-48(46)119-79)122-84-78(111)73(106)68(101)56(127-84)35-116-62(95)30-57(89)90)26-50(63(49)96)121-83-77(110)72(105)67(100)55(126-83)34-115-61(94)24-12-39-7-19-45(20-8-39)118-81-75(108)70(103)65(98)53(124-81)32-113-59(92)22-10-37-3-15-42(86)16-4-37/h1-29,52-56,64-78,80-84,97-111H,30-35H2,(H5-,85,86,87,88,89,90,91,92,96)/p+1/b21-9?,23-11+,24-12+/t52-,53-,54-,55-,56-,64-,65-,66-,67-,68-,69+,70+,71+,72+,73+,74-,75-,76-,77-,78-,80-,81-,82-,83-,84-/m1/s1. The third-order valence-corrected chi connectivity index (χ3v) is 20.1. The van der Waals surface area contributed by atoms with E-state index in [2.05, 4.69) is 0 Å². The molecule has 0 radical (unpaired) electrons. The molecule has 12 rings (SSSR count). The number of ketones is 1. The number of aliphatic carboxylic acids is 2. The number of aliphatic hydroxyl groups is 16. The minimum atomic E-state index is -2.31. The molecule has 0 saturated carbocycles. The van der Waals surface area contributed by atoms with Gasteiger partial charge in [-0.25, -0.2) is 9.59 Å². The SMILES string of the molecule is O=C1C=CC(=CC=C(O)OC[C@H]2O[C@@H](Oc3ccc(/C=C/C(=O)OC[C@H]4O[C@@H](Oc5cc(-c6oc7cc(O)cc(=O)c-7cc6O[C@@H]6O[C@H](COC(=O)CC(=O)O)[C@@H](O)[C@H](O)[C@H]6O)cc(O[C@@H]6O[C@H](COC(=O)/C=C/c7ccc(O[C@@H]8O[C@H](C[O+]=C(O)C=Cc9ccc(O)cc9)[C@@H](O)[C@H](O)[C@H]8O)cc7)[C@@H](O)[C@H](O)[C@H]6O)c5O)[C@H](O)[C@@H](O)[C@@H]4O)cc3)[C@H](O)[C@@H](O)[C@@H]2O)C=C1. The summed E-state index contributed by atoms with van der Waals surface area (Å²) in [7, 11) is 0. The first-order valence-electron chi connectivity index (χ1n) is 38.6. The Labute approximate surface area is 715 Å². The molecule has 127 heavy (non-hydrogen) atoms. The minimum absolute atomic E-state index is 0.0178. The average molecular weight is 1780 g/mol. The lowest BCUT2D eigenvalue weighted by atomic mass is 9.99. The second-order valence-corrected chi connectivity index (χ2v) is 29.2. The monoisotopic (exact) mass is 1780 g/mol. The highest BCUT2D eigenvalue weighted by molar-refractivity contribution is 6.01. The van der Waals surface area contributed by atoms with E-state index in [0.717, 1.165) is 48.6 Å². The maximum absolute atomic E-state index is 13.5. The van der Waals surface area contributed by atoms with Crippen LogP contribution in [-0.4, -0.2) is 329 Å². The molecular weight excluding hydrogens is 1700 g/mol. The number of carbonyl (C=O) groups is 5. The van der Waals surface area contributed by atoms with E-state index < -0.39 is 286 Å². The smallest absolute Gasteiger partial charge is 0.508 e. The van der Waals surface area contributed by atoms with E-state index in [4.69, 9.17) is 80.3 Å². The van der Waals surface area contributed by atoms with Crippen molar-refractivity contribution < 1.29 is 206 Å². The van der Waals surface area contributed by atoms with Crippen LogP contribution in [0.5, 0.6) is 46.0 Å². The average Bonchev–Trinajstić information content (AvgIpc) is 0.759. The molecule has 0 aromatic heterocycles. The topological polar surface area (TPSA) is 681 Å². The number of phenols is 3. The van der Waals surface area contributed by atoms with Crippen LogP contribution in [-0.2, 0) is 71.0 Å². The molecular formula is C84H87O43+. The molecule has 2 aliphatic carbocycles. The second kappa shape index (κ2) is 41.9. The lowest BCUT2D eigenvalue weighted by Crippen LogP contribution is -2.60. The van der Waals surface area contributed by atoms with Crippen LogP contribution in [0.1, 0.15) is 23.1 Å². The Hall–Kier alpha value is -12.3. The molecule has 25 atom stereocenters. The number of ether oxygens (including phenoxy) is 14. The maximum Gasteiger partial charge on any atom is 0.510 e. The molecule has 43 nitrogen and oxygen atoms in total. The molecule has 4 aromatic rings. The third-order valence-electron chi connectivity index (χ3n) is 20.1. The fraction of sp³-hybridized carbons (Fsp3) is 0.369. The van der Waals surface area contributed by atoms with Crippen LogP contribution in [0.2, 0.25) is 0 Å². The molecule has 4 aromatic carbocycles. The highest BCUT2D eigenvalue weighted by Gasteiger charge is 2.52. The van der Waals surface area contributed by atoms with Crippen LogP contribution in [0, 0.1) is 0 Å². The van der Waals surface area contributed by atoms with E-state index in [-0.39, 0.29) is 23.0 Å². The van der Waals surface area contributed by atoms with Gasteiger partial charge >= 0.3 is 29.8 Å². The molecule has 0 unspecified atom stereocenters. The number of allylic oxidation sites excluding steroid dienone is 7. The second-order valence-electron chi connectivity index (χ2n) is 29.2. The van der Waals surface area contributed by atoms with Gasteiger partial charge in [-0.15, -0.1) is 0 Å². The number of benzene rings is 5. The van der Waals surface area contributed by atoms with Crippen molar-refractivity contribution in [1.29, 1.82) is 0 Å². The summed E-state index contributed by atoms with van der Waals surface area (Å²) in [5.74, 6) is -12.0. The van der Waals surface area contributed by atoms with Crippen molar-refractivity contribution in [2.45, 2.75) is 160 Å². The molecule has 0 amide bonds. The van der Waals surface area contributed by atoms with Gasteiger partial charge in [0, 0.05) is 35.9 Å². The van der Waals surface area contributed by atoms with Gasteiger partial charge in [0.1, 0.15) is 178 Å². The molecule has 21 N–H and O–H groups in total. The number of phenolic OH excluding ortho intramolecular Hbond substituents is 3. The van der Waals surface area contributed by atoms with E-state index in [1.807, 2.05) is 0 Å². The number of hydrogen-bond acceptors (Lipinski definition) is 40. The Morgan fingerprint density at radius 3 is 1.24 bits per heavy atom. The van der Waals surface area contributed by atoms with Gasteiger partial charge in [0.25, 0.3) is 5.95 Å². The van der Waals surface area contributed by atoms with Crippen molar-refractivity contribution in [3.05, 3.63) is 196 Å². The third kappa shape index (κ3) is 23.7. The maximum atomic E-state index is 13.5. The van der Waals surface area contributed by atoms with Gasteiger partial charge in [0.2, 0.25) is 43.8 Å². The van der Waals surface area contributed by atoms with Gasteiger partial charge in [0.05, 0.1) is 11.6 Å². The quantitative estimate of drug-likeness (QED) is 0.00528. The molecule has 8 aliphatic rings. The summed E-state index contributed by atoms with van der Waals surface area (Å²) < 4.78 is 90.7. The highest BCUT2D eigenvalue weighted by atomic mass is 16.7. The summed E-state index contributed by atoms with van der Waals surface area (Å²) in [5.41, 5.74) is -0.0679. The highest BCUT2D eigenvalue weighted by Crippen LogP contribution is 2.48. The van der Waals surface area contributed by atoms with E-state index in [0.29, 0.717) is 22.3 Å². The van der Waals surface area contributed by atoms with Crippen molar-refractivity contribution in [1.82, 2.24) is 0 Å². The van der Waals surface area contributed by atoms with Crippen LogP contribution in [0.4, 0.5) is 0 Å². The van der Waals surface area contributed by atoms with Crippen LogP contribution < -0.4 is 29.1 Å². The molecule has 6 heterocycles. The molecule has 680 valence electrons. The first-order valence-corrected chi connectivity index (χ1v) is 38.6. The molecule has 6 aliphatic heterocycles. The predicted octanol–water partition coefficient (Wildman–Crippen LogP) is -2.64. The number of esters is 3. The first-order chi connectivity index (χ1) is 60.5. The summed E-state index contributed by atoms with van der Waals surface area (Å²) >= 11 is 0. The fourth-order valence-electron chi connectivity index (χ4n) is 13.1. The van der Waals surface area contributed by atoms with Crippen molar-refractivity contribution in [2.75, 3.05) is 33.0 Å². The lowest BCUT2D eigenvalue weighted by Gasteiger charge is -2.40. The number of carboxylic acid groups (broad SMARTS) is 2. The minimum Gasteiger partial charge on any atom is -0.508 e. The fourth-order valence-corrected chi connectivity index (χ4v) is 13.1. The molecule has 43 heteroatoms. The molecule has 0 spiro atoms. The Kier molecular flexibility index (Phi) is 31.0. The number of rotatable bonds is 31. The van der Waals surface area contributed by atoms with Crippen molar-refractivity contribution in [3.63, 3.8) is 0 Å². The Balaban J connectivity index is 0.745. The summed E-state index contributed by atoms with van der Waals surface area (Å²) in [6.45, 7) is -3.86. The molecule has 0 bridgehead atoms. The van der Waals surface area contributed by atoms with Gasteiger partial charge in [-0.2, -0.15) is 0 Å². The number of aromatic hydroxyl groups is 3. The Bertz CT molecular complexity index is 5100. The van der Waals surface area contributed by atoms with Gasteiger partial charge < -0.3 is 182 Å². The zero-order chi connectivity index (χ0) is 91.4. The van der Waals surface area contributed by atoms with Gasteiger partial charge in [0.15, 0.2) is 40.3 Å². The summed E-state index contributed by atoms with van der Waals surface area (Å²) in [5, 5.41) is 228. The summed E-state index contributed by atoms with van der Waals surface area (Å²) in [6, 6.07) is 21.4. The van der Waals surface area contributed by atoms with E-state index >= 15 is 0 Å². The first kappa shape index (κ1) is 93.9. The lowest BCUT2D eigenvalue weighted by molar-refractivity contribution is -0.489. The van der Waals surface area contributed by atoms with Crippen LogP contribution >= 0.6 is 0 Å². The zero-order valence-electron chi connectivity index (χ0n) is 65.8. The number of fused-ring (bicyclic) bond motifs is 1. The van der Waals surface area contributed by atoms with E-state index in [1.54, 1.807) is 12.1 Å². The van der Waals surface area contributed by atoms with Crippen molar-refractivity contribution in [2.24, 2.45) is 0 Å². The van der Waals surface area contributed by atoms with Crippen LogP contribution in [0.15, 0.2) is 179 Å². The Morgan fingerprint density at radius 1 is 0.402 bits per heavy atom. The van der Waals surface area contributed by atoms with E-state index in [1.165, 1.54) is 115 Å². The van der Waals surface area contributed by atoms with Crippen molar-refractivity contribution in [3.8, 4) is 68.6 Å². The van der Waals surface area contributed by atoms with Gasteiger partial charge in [-0.1, -0.05) is 48.6 Å². The van der Waals surface area contributed by atoms with E-state index in [9.17, 15) is 131 Å². The number of carbonyl (C=O) groups excluding carboxylic acids is 4. The number of hydrogen-bond donors (Lipinski definition) is 21. The number of carboxylic acids is 2. The normalized spacial score (nSPS) is 30.6. The van der Waals surface area contributed by atoms with Gasteiger partial charge in [-0.05, 0) is 113 Å². The van der Waals surface area contributed by atoms with Crippen LogP contribution in [0.3, 0.4) is 0 Å². The summed E-state index contributed by atoms with van der Waals surface area (Å²) in [4.78, 5) is 75.1. The molecule has 5 fully saturated rings. The van der Waals surface area contributed by atoms with Crippen molar-refractivity contribution >= 4 is 53.9 Å². The van der Waals surface area contributed by atoms with Crippen LogP contribution in [0.25, 0.3) is 40.9 Å². The molecule has 5 saturated heterocycles. The Morgan fingerprint density at radius 2 is 0.795 bits per heavy atom. The summed E-state index contributed by atoms with van der Waals surface area (Å²) in [6.07, 6.45) is -34.4. The largest absolute Gasteiger partial charge is 0.510 e. The predicted molar refractivity (Wildman–Crippen MR) is 421 cm³/mol.